The van der Waals surface area contributed by atoms with Crippen LogP contribution in [0.1, 0.15) is 38.7 Å². The standard InChI is InChI=1S/C19H30N2O4S/c1-5-18(23)20(11-14(2)3)12-16-19(15-9-7-6-8-10-15)17(13-22)21(16)26(4,24)25/h6-10,14,16-17,19,22H,5,11-13H2,1-4H3/t16-,17-,19-/m1/s1. The SMILES string of the molecule is CCC(=O)N(CC(C)C)C[C@@H]1[C@@H](c2ccccc2)[C@@H](CO)N1S(C)(=O)=O. The van der Waals surface area contributed by atoms with Crippen LogP contribution in [0.4, 0.5) is 0 Å². The van der Waals surface area contributed by atoms with E-state index in [1.165, 1.54) is 4.31 Å². The van der Waals surface area contributed by atoms with Crippen LogP contribution in [-0.2, 0) is 14.8 Å². The summed E-state index contributed by atoms with van der Waals surface area (Å²) in [7, 11) is -3.49. The Hall–Kier alpha value is -1.44. The van der Waals surface area contributed by atoms with Crippen molar-refractivity contribution in [3.8, 4) is 0 Å². The van der Waals surface area contributed by atoms with Gasteiger partial charge in [-0.15, -0.1) is 0 Å². The molecule has 1 saturated heterocycles. The van der Waals surface area contributed by atoms with Crippen LogP contribution in [0, 0.1) is 5.92 Å². The first-order valence-corrected chi connectivity index (χ1v) is 11.0. The van der Waals surface area contributed by atoms with Crippen LogP contribution in [0.15, 0.2) is 30.3 Å². The number of nitrogens with zero attached hydrogens (tertiary/aromatic N) is 2. The second kappa shape index (κ2) is 8.50. The minimum atomic E-state index is -3.49. The smallest absolute Gasteiger partial charge is 0.222 e. The van der Waals surface area contributed by atoms with E-state index in [-0.39, 0.29) is 24.5 Å². The first kappa shape index (κ1) is 20.9. The van der Waals surface area contributed by atoms with Crippen molar-refractivity contribution in [2.75, 3.05) is 26.0 Å². The molecule has 1 aliphatic rings. The summed E-state index contributed by atoms with van der Waals surface area (Å²) in [5, 5.41) is 9.82. The number of carbonyl (C=O) groups excluding carboxylic acids is 1. The number of rotatable bonds is 8. The Kier molecular flexibility index (Phi) is 6.82. The zero-order valence-corrected chi connectivity index (χ0v) is 16.8. The summed E-state index contributed by atoms with van der Waals surface area (Å²) >= 11 is 0. The Morgan fingerprint density at radius 3 is 2.31 bits per heavy atom. The van der Waals surface area contributed by atoms with E-state index in [4.69, 9.17) is 0 Å². The van der Waals surface area contributed by atoms with Crippen molar-refractivity contribution < 1.29 is 18.3 Å². The molecule has 1 heterocycles. The molecule has 2 rings (SSSR count). The van der Waals surface area contributed by atoms with Crippen LogP contribution in [0.2, 0.25) is 0 Å². The fourth-order valence-corrected chi connectivity index (χ4v) is 5.26. The van der Waals surface area contributed by atoms with Gasteiger partial charge in [0.25, 0.3) is 0 Å². The summed E-state index contributed by atoms with van der Waals surface area (Å²) in [5.74, 6) is 0.183. The van der Waals surface area contributed by atoms with Crippen LogP contribution < -0.4 is 0 Å². The molecule has 0 radical (unpaired) electrons. The summed E-state index contributed by atoms with van der Waals surface area (Å²) in [6.45, 7) is 6.58. The molecule has 1 N–H and O–H groups in total. The summed E-state index contributed by atoms with van der Waals surface area (Å²) in [5.41, 5.74) is 0.991. The van der Waals surface area contributed by atoms with E-state index in [1.807, 2.05) is 51.1 Å². The third kappa shape index (κ3) is 4.45. The predicted octanol–water partition coefficient (Wildman–Crippen LogP) is 1.67. The third-order valence-electron chi connectivity index (χ3n) is 4.89. The number of aliphatic hydroxyl groups excluding tert-OH is 1. The van der Waals surface area contributed by atoms with E-state index in [1.54, 1.807) is 4.90 Å². The molecule has 0 saturated carbocycles. The Morgan fingerprint density at radius 1 is 1.23 bits per heavy atom. The molecule has 0 aliphatic carbocycles. The number of sulfonamides is 1. The lowest BCUT2D eigenvalue weighted by molar-refractivity contribution is -0.133. The van der Waals surface area contributed by atoms with Gasteiger partial charge in [0.15, 0.2) is 0 Å². The Morgan fingerprint density at radius 2 is 1.85 bits per heavy atom. The molecule has 0 bridgehead atoms. The number of hydrogen-bond donors (Lipinski definition) is 1. The van der Waals surface area contributed by atoms with E-state index >= 15 is 0 Å². The predicted molar refractivity (Wildman–Crippen MR) is 102 cm³/mol. The summed E-state index contributed by atoms with van der Waals surface area (Å²) in [6.07, 6.45) is 1.55. The van der Waals surface area contributed by atoms with Gasteiger partial charge < -0.3 is 10.0 Å². The Labute approximate surface area is 156 Å². The fraction of sp³-hybridized carbons (Fsp3) is 0.632. The largest absolute Gasteiger partial charge is 0.395 e. The maximum Gasteiger partial charge on any atom is 0.222 e. The number of aliphatic hydroxyl groups is 1. The zero-order valence-electron chi connectivity index (χ0n) is 16.0. The number of hydrogen-bond acceptors (Lipinski definition) is 4. The Balaban J connectivity index is 2.36. The van der Waals surface area contributed by atoms with Crippen LogP contribution in [0.5, 0.6) is 0 Å². The summed E-state index contributed by atoms with van der Waals surface area (Å²) < 4.78 is 26.0. The normalized spacial score (nSPS) is 23.7. The van der Waals surface area contributed by atoms with Crippen molar-refractivity contribution in [1.82, 2.24) is 9.21 Å². The van der Waals surface area contributed by atoms with Gasteiger partial charge in [0, 0.05) is 25.4 Å². The van der Waals surface area contributed by atoms with E-state index in [2.05, 4.69) is 0 Å². The zero-order chi connectivity index (χ0) is 19.5. The summed E-state index contributed by atoms with van der Waals surface area (Å²) in [6, 6.07) is 8.78. The lowest BCUT2D eigenvalue weighted by Gasteiger charge is -2.54. The van der Waals surface area contributed by atoms with Gasteiger partial charge in [0.2, 0.25) is 15.9 Å². The molecule has 0 aromatic heterocycles. The molecule has 1 aliphatic heterocycles. The van der Waals surface area contributed by atoms with Gasteiger partial charge in [-0.2, -0.15) is 4.31 Å². The minimum Gasteiger partial charge on any atom is -0.395 e. The van der Waals surface area contributed by atoms with Crippen molar-refractivity contribution in [2.24, 2.45) is 5.92 Å². The number of carbonyl (C=O) groups is 1. The molecule has 1 aromatic rings. The molecule has 146 valence electrons. The fourth-order valence-electron chi connectivity index (χ4n) is 3.89. The van der Waals surface area contributed by atoms with Gasteiger partial charge in [-0.1, -0.05) is 51.1 Å². The van der Waals surface area contributed by atoms with Crippen LogP contribution >= 0.6 is 0 Å². The van der Waals surface area contributed by atoms with Gasteiger partial charge in [-0.05, 0) is 11.5 Å². The minimum absolute atomic E-state index is 0.0198. The summed E-state index contributed by atoms with van der Waals surface area (Å²) in [4.78, 5) is 14.1. The first-order valence-electron chi connectivity index (χ1n) is 9.12. The Bertz CT molecular complexity index is 706. The number of amides is 1. The molecular weight excluding hydrogens is 352 g/mol. The molecule has 7 heteroatoms. The molecule has 1 fully saturated rings. The van der Waals surface area contributed by atoms with Crippen LogP contribution in [0.25, 0.3) is 0 Å². The van der Waals surface area contributed by atoms with Crippen molar-refractivity contribution >= 4 is 15.9 Å². The highest BCUT2D eigenvalue weighted by atomic mass is 32.2. The first-order chi connectivity index (χ1) is 12.2. The molecule has 0 unspecified atom stereocenters. The average Bonchev–Trinajstić information content (AvgIpc) is 2.55. The van der Waals surface area contributed by atoms with Crippen LogP contribution in [0.3, 0.4) is 0 Å². The number of benzene rings is 1. The maximum atomic E-state index is 12.4. The molecule has 3 atom stereocenters. The second-order valence-electron chi connectivity index (χ2n) is 7.39. The van der Waals surface area contributed by atoms with Gasteiger partial charge >= 0.3 is 0 Å². The van der Waals surface area contributed by atoms with Gasteiger partial charge in [0.05, 0.1) is 24.9 Å². The molecular formula is C19H30N2O4S. The lowest BCUT2D eigenvalue weighted by Crippen LogP contribution is -2.68. The van der Waals surface area contributed by atoms with E-state index in [0.717, 1.165) is 11.8 Å². The quantitative estimate of drug-likeness (QED) is 0.742. The highest BCUT2D eigenvalue weighted by molar-refractivity contribution is 7.88. The van der Waals surface area contributed by atoms with Crippen molar-refractivity contribution in [2.45, 2.75) is 45.2 Å². The highest BCUT2D eigenvalue weighted by Gasteiger charge is 2.53. The highest BCUT2D eigenvalue weighted by Crippen LogP contribution is 2.42. The van der Waals surface area contributed by atoms with E-state index in [0.29, 0.717) is 25.4 Å². The van der Waals surface area contributed by atoms with Crippen molar-refractivity contribution in [3.63, 3.8) is 0 Å². The molecule has 0 spiro atoms. The van der Waals surface area contributed by atoms with Gasteiger partial charge in [-0.25, -0.2) is 8.42 Å². The molecule has 6 nitrogen and oxygen atoms in total. The van der Waals surface area contributed by atoms with Crippen LogP contribution in [-0.4, -0.2) is 66.7 Å². The average molecular weight is 383 g/mol. The monoisotopic (exact) mass is 382 g/mol. The topological polar surface area (TPSA) is 77.9 Å². The molecule has 1 aromatic carbocycles. The second-order valence-corrected chi connectivity index (χ2v) is 9.28. The maximum absolute atomic E-state index is 12.4. The van der Waals surface area contributed by atoms with Gasteiger partial charge in [-0.3, -0.25) is 4.79 Å². The molecule has 1 amide bonds. The third-order valence-corrected chi connectivity index (χ3v) is 6.19. The van der Waals surface area contributed by atoms with Crippen molar-refractivity contribution in [1.29, 1.82) is 0 Å². The lowest BCUT2D eigenvalue weighted by atomic mass is 9.77. The van der Waals surface area contributed by atoms with Gasteiger partial charge in [0.1, 0.15) is 0 Å². The molecule has 26 heavy (non-hydrogen) atoms. The van der Waals surface area contributed by atoms with E-state index < -0.39 is 16.1 Å². The van der Waals surface area contributed by atoms with Crippen molar-refractivity contribution in [3.05, 3.63) is 35.9 Å². The van der Waals surface area contributed by atoms with E-state index in [9.17, 15) is 18.3 Å².